The second kappa shape index (κ2) is 4.95. The third-order valence-corrected chi connectivity index (χ3v) is 3.66. The molecule has 14 heavy (non-hydrogen) atoms. The first-order valence-corrected chi connectivity index (χ1v) is 8.81. The molecule has 0 aliphatic carbocycles. The van der Waals surface area contributed by atoms with Gasteiger partial charge in [0.15, 0.2) is 5.82 Å². The molecule has 0 unspecified atom stereocenters. The Morgan fingerprint density at radius 3 is 2.64 bits per heavy atom. The summed E-state index contributed by atoms with van der Waals surface area (Å²) in [6.45, 7) is 8.29. The zero-order valence-corrected chi connectivity index (χ0v) is 10.8. The van der Waals surface area contributed by atoms with Crippen molar-refractivity contribution in [3.8, 4) is 0 Å². The summed E-state index contributed by atoms with van der Waals surface area (Å²) in [6, 6.07) is 1.18. The largest absolute Gasteiger partial charge is 0.374 e. The van der Waals surface area contributed by atoms with Crippen molar-refractivity contribution < 1.29 is 4.74 Å². The number of H-pyrrole nitrogens is 1. The number of ether oxygens (including phenoxy) is 1. The molecule has 1 rings (SSSR count). The first kappa shape index (κ1) is 11.7. The lowest BCUT2D eigenvalue weighted by Gasteiger charge is -2.14. The number of thiol groups is 1. The predicted molar refractivity (Wildman–Crippen MR) is 61.4 cm³/mol. The van der Waals surface area contributed by atoms with Crippen molar-refractivity contribution in [2.24, 2.45) is 0 Å². The maximum absolute atomic E-state index is 5.48. The van der Waals surface area contributed by atoms with Crippen LogP contribution in [-0.4, -0.2) is 29.9 Å². The molecule has 0 atom stereocenters. The lowest BCUT2D eigenvalue weighted by atomic mass is 10.7. The van der Waals surface area contributed by atoms with Gasteiger partial charge in [-0.1, -0.05) is 19.6 Å². The van der Waals surface area contributed by atoms with Gasteiger partial charge in [-0.25, -0.2) is 4.98 Å². The standard InChI is InChI=1S/C8H17N3OSSi/c1-14(2,3)5-4-12-6-7-9-8(13)11-10-7/h4-6H2,1-3H3,(H2,9,10,11,13). The minimum absolute atomic E-state index is 0.466. The van der Waals surface area contributed by atoms with Crippen LogP contribution in [-0.2, 0) is 11.3 Å². The first-order valence-electron chi connectivity index (χ1n) is 4.65. The molecule has 0 aromatic carbocycles. The maximum atomic E-state index is 5.48. The second-order valence-corrected chi connectivity index (χ2v) is 10.5. The Kier molecular flexibility index (Phi) is 4.15. The van der Waals surface area contributed by atoms with Gasteiger partial charge in [0.05, 0.1) is 0 Å². The van der Waals surface area contributed by atoms with E-state index in [0.717, 1.165) is 12.4 Å². The van der Waals surface area contributed by atoms with Crippen molar-refractivity contribution in [2.75, 3.05) is 6.61 Å². The Balaban J connectivity index is 2.16. The molecule has 1 aromatic heterocycles. The molecule has 4 nitrogen and oxygen atoms in total. The number of aromatic nitrogens is 3. The number of nitrogens with zero attached hydrogens (tertiary/aromatic N) is 2. The highest BCUT2D eigenvalue weighted by molar-refractivity contribution is 7.80. The second-order valence-electron chi connectivity index (χ2n) is 4.45. The summed E-state index contributed by atoms with van der Waals surface area (Å²) in [6.07, 6.45) is 0. The van der Waals surface area contributed by atoms with Crippen LogP contribution < -0.4 is 0 Å². The topological polar surface area (TPSA) is 50.8 Å². The van der Waals surface area contributed by atoms with Crippen molar-refractivity contribution in [1.82, 2.24) is 15.2 Å². The third kappa shape index (κ3) is 4.78. The molecule has 1 N–H and O–H groups in total. The molecule has 1 heterocycles. The molecule has 0 aliphatic rings. The van der Waals surface area contributed by atoms with Gasteiger partial charge < -0.3 is 4.74 Å². The molecular formula is C8H17N3OSSi. The molecule has 0 radical (unpaired) electrons. The van der Waals surface area contributed by atoms with Crippen molar-refractivity contribution in [3.05, 3.63) is 5.82 Å². The minimum Gasteiger partial charge on any atom is -0.374 e. The molecule has 1 aromatic rings. The van der Waals surface area contributed by atoms with Crippen LogP contribution in [0.5, 0.6) is 0 Å². The molecule has 80 valence electrons. The summed E-state index contributed by atoms with van der Waals surface area (Å²) in [4.78, 5) is 4.03. The minimum atomic E-state index is -0.977. The van der Waals surface area contributed by atoms with Crippen LogP contribution in [0.2, 0.25) is 25.7 Å². The zero-order chi connectivity index (χ0) is 10.6. The van der Waals surface area contributed by atoms with E-state index in [1.54, 1.807) is 0 Å². The van der Waals surface area contributed by atoms with Crippen LogP contribution in [0.1, 0.15) is 5.82 Å². The fourth-order valence-corrected chi connectivity index (χ4v) is 1.82. The van der Waals surface area contributed by atoms with E-state index in [9.17, 15) is 0 Å². The van der Waals surface area contributed by atoms with Crippen molar-refractivity contribution >= 4 is 20.7 Å². The molecule has 0 saturated heterocycles. The zero-order valence-electron chi connectivity index (χ0n) is 8.87. The van der Waals surface area contributed by atoms with Crippen LogP contribution in [0.4, 0.5) is 0 Å². The lowest BCUT2D eigenvalue weighted by Crippen LogP contribution is -2.21. The summed E-state index contributed by atoms with van der Waals surface area (Å²) < 4.78 is 5.48. The van der Waals surface area contributed by atoms with E-state index in [1.807, 2.05) is 0 Å². The van der Waals surface area contributed by atoms with Gasteiger partial charge in [-0.15, -0.1) is 17.7 Å². The van der Waals surface area contributed by atoms with Crippen LogP contribution in [0, 0.1) is 0 Å². The van der Waals surface area contributed by atoms with Gasteiger partial charge in [0.2, 0.25) is 5.16 Å². The van der Waals surface area contributed by atoms with Crippen LogP contribution in [0.15, 0.2) is 5.16 Å². The fraction of sp³-hybridized carbons (Fsp3) is 0.750. The van der Waals surface area contributed by atoms with Crippen LogP contribution in [0.3, 0.4) is 0 Å². The molecule has 0 fully saturated rings. The summed E-state index contributed by atoms with van der Waals surface area (Å²) in [5, 5.41) is 7.02. The monoisotopic (exact) mass is 231 g/mol. The normalized spacial score (nSPS) is 12.0. The van der Waals surface area contributed by atoms with Crippen molar-refractivity contribution in [3.63, 3.8) is 0 Å². The molecule has 0 saturated carbocycles. The fourth-order valence-electron chi connectivity index (χ4n) is 0.897. The van der Waals surface area contributed by atoms with Crippen LogP contribution >= 0.6 is 12.6 Å². The van der Waals surface area contributed by atoms with E-state index in [0.29, 0.717) is 11.8 Å². The Morgan fingerprint density at radius 2 is 2.14 bits per heavy atom. The van der Waals surface area contributed by atoms with Gasteiger partial charge in [0.1, 0.15) is 6.61 Å². The van der Waals surface area contributed by atoms with E-state index in [4.69, 9.17) is 4.74 Å². The maximum Gasteiger partial charge on any atom is 0.205 e. The number of hydrogen-bond donors (Lipinski definition) is 2. The number of nitrogens with one attached hydrogen (secondary N) is 1. The molecule has 0 amide bonds. The summed E-state index contributed by atoms with van der Waals surface area (Å²) in [5.74, 6) is 0.741. The number of rotatable bonds is 5. The van der Waals surface area contributed by atoms with E-state index < -0.39 is 8.07 Å². The molecule has 6 heteroatoms. The number of hydrogen-bond acceptors (Lipinski definition) is 4. The predicted octanol–water partition coefficient (Wildman–Crippen LogP) is 1.95. The van der Waals surface area contributed by atoms with E-state index >= 15 is 0 Å². The Morgan fingerprint density at radius 1 is 1.43 bits per heavy atom. The van der Waals surface area contributed by atoms with Crippen molar-refractivity contribution in [2.45, 2.75) is 37.4 Å². The van der Waals surface area contributed by atoms with Gasteiger partial charge in [-0.3, -0.25) is 5.10 Å². The van der Waals surface area contributed by atoms with Gasteiger partial charge in [0, 0.05) is 14.7 Å². The quantitative estimate of drug-likeness (QED) is 0.463. The Labute approximate surface area is 90.9 Å². The van der Waals surface area contributed by atoms with Gasteiger partial charge in [-0.05, 0) is 6.04 Å². The summed E-state index contributed by atoms with van der Waals surface area (Å²) in [7, 11) is -0.977. The van der Waals surface area contributed by atoms with Crippen molar-refractivity contribution in [1.29, 1.82) is 0 Å². The SMILES string of the molecule is C[Si](C)(C)CCOCc1nc(S)n[nH]1. The highest BCUT2D eigenvalue weighted by Crippen LogP contribution is 2.08. The average molecular weight is 231 g/mol. The Hall–Kier alpha value is -0.333. The van der Waals surface area contributed by atoms with E-state index in [2.05, 4.69) is 47.5 Å². The highest BCUT2D eigenvalue weighted by Gasteiger charge is 2.12. The third-order valence-electron chi connectivity index (χ3n) is 1.76. The summed E-state index contributed by atoms with van der Waals surface area (Å²) >= 11 is 3.99. The molecule has 0 aliphatic heterocycles. The van der Waals surface area contributed by atoms with E-state index in [1.165, 1.54) is 6.04 Å². The van der Waals surface area contributed by atoms with Gasteiger partial charge >= 0.3 is 0 Å². The lowest BCUT2D eigenvalue weighted by molar-refractivity contribution is 0.127. The average Bonchev–Trinajstić information content (AvgIpc) is 2.44. The molecule has 0 spiro atoms. The number of aromatic amines is 1. The Bertz CT molecular complexity index is 284. The van der Waals surface area contributed by atoms with Gasteiger partial charge in [-0.2, -0.15) is 0 Å². The molecule has 0 bridgehead atoms. The first-order chi connectivity index (χ1) is 6.47. The van der Waals surface area contributed by atoms with Gasteiger partial charge in [0.25, 0.3) is 0 Å². The van der Waals surface area contributed by atoms with E-state index in [-0.39, 0.29) is 0 Å². The molecular weight excluding hydrogens is 214 g/mol. The summed E-state index contributed by atoms with van der Waals surface area (Å²) in [5.41, 5.74) is 0. The smallest absolute Gasteiger partial charge is 0.205 e. The van der Waals surface area contributed by atoms with Crippen LogP contribution in [0.25, 0.3) is 0 Å². The highest BCUT2D eigenvalue weighted by atomic mass is 32.1.